The number of fused-ring (bicyclic) bond motifs is 3. The summed E-state index contributed by atoms with van der Waals surface area (Å²) in [4.78, 5) is 25.9. The lowest BCUT2D eigenvalue weighted by atomic mass is 9.90. The molecule has 0 aliphatic rings. The summed E-state index contributed by atoms with van der Waals surface area (Å²) in [5.74, 6) is 0. The highest BCUT2D eigenvalue weighted by atomic mass is 16.3. The molecule has 0 amide bonds. The van der Waals surface area contributed by atoms with Crippen LogP contribution in [0.2, 0.25) is 0 Å². The third kappa shape index (κ3) is 6.19. The van der Waals surface area contributed by atoms with Gasteiger partial charge in [-0.3, -0.25) is 9.97 Å². The molecule has 10 rings (SSSR count). The number of benzene rings is 5. The zero-order valence-corrected chi connectivity index (χ0v) is 29.4. The number of aromatic nitrogens is 6. The molecule has 0 spiro atoms. The number of hydrogen-bond acceptors (Lipinski definition) is 7. The molecule has 0 N–H and O–H groups in total. The Kier molecular flexibility index (Phi) is 8.00. The van der Waals surface area contributed by atoms with Crippen molar-refractivity contribution >= 4 is 21.9 Å². The number of rotatable bonds is 7. The van der Waals surface area contributed by atoms with Crippen LogP contribution in [0.1, 0.15) is 0 Å². The lowest BCUT2D eigenvalue weighted by Gasteiger charge is -2.14. The molecule has 0 fully saturated rings. The molecule has 5 aromatic carbocycles. The first kappa shape index (κ1) is 32.0. The van der Waals surface area contributed by atoms with E-state index in [1.165, 1.54) is 12.7 Å². The lowest BCUT2D eigenvalue weighted by Crippen LogP contribution is -1.89. The largest absolute Gasteiger partial charge is 0.455 e. The van der Waals surface area contributed by atoms with Crippen LogP contribution in [0.4, 0.5) is 0 Å². The van der Waals surface area contributed by atoms with Crippen molar-refractivity contribution in [1.82, 2.24) is 29.9 Å². The third-order valence-electron chi connectivity index (χ3n) is 9.97. The molecule has 0 aliphatic carbocycles. The van der Waals surface area contributed by atoms with Gasteiger partial charge in [0.2, 0.25) is 0 Å². The van der Waals surface area contributed by atoms with Gasteiger partial charge in [-0.05, 0) is 87.5 Å². The standard InChI is InChI=1S/C48H30N6O/c1-2-13-47-45(10-1)46-12-5-11-44(48(46)55-47)37-17-35(31-6-3-8-33(14-31)38-19-40(23-49-21-38)42-25-51-29-52-26-42)16-36(18-37)32-7-4-9-34(15-32)39-20-41(24-50-22-39)43-27-53-30-54-28-43/h1-30H. The second-order valence-electron chi connectivity index (χ2n) is 13.4. The Morgan fingerprint density at radius 1 is 0.291 bits per heavy atom. The first-order chi connectivity index (χ1) is 27.2. The SMILES string of the molecule is c1cc(-c2cncc(-c3cncnc3)c2)cc(-c2cc(-c3cccc(-c4cncc(-c5cncnc5)c4)c3)cc(-c3cccc4c3oc3ccccc34)c2)c1. The molecule has 7 nitrogen and oxygen atoms in total. The van der Waals surface area contributed by atoms with Gasteiger partial charge in [0, 0.05) is 99.3 Å². The number of nitrogens with zero attached hydrogens (tertiary/aromatic N) is 6. The summed E-state index contributed by atoms with van der Waals surface area (Å²) in [6.45, 7) is 0. The first-order valence-electron chi connectivity index (χ1n) is 17.9. The summed E-state index contributed by atoms with van der Waals surface area (Å²) in [6, 6.07) is 42.9. The summed E-state index contributed by atoms with van der Waals surface area (Å²) in [7, 11) is 0. The van der Waals surface area contributed by atoms with Gasteiger partial charge in [0.25, 0.3) is 0 Å². The summed E-state index contributed by atoms with van der Waals surface area (Å²) >= 11 is 0. The number of furan rings is 1. The summed E-state index contributed by atoms with van der Waals surface area (Å²) in [5, 5.41) is 2.20. The van der Waals surface area contributed by atoms with E-state index < -0.39 is 0 Å². The molecule has 5 aromatic heterocycles. The lowest BCUT2D eigenvalue weighted by molar-refractivity contribution is 0.670. The summed E-state index contributed by atoms with van der Waals surface area (Å²) in [5.41, 5.74) is 16.1. The van der Waals surface area contributed by atoms with Crippen LogP contribution in [0.15, 0.2) is 188 Å². The first-order valence-corrected chi connectivity index (χ1v) is 17.9. The van der Waals surface area contributed by atoms with Gasteiger partial charge in [0.1, 0.15) is 23.8 Å². The normalized spacial score (nSPS) is 11.3. The van der Waals surface area contributed by atoms with E-state index >= 15 is 0 Å². The molecule has 55 heavy (non-hydrogen) atoms. The van der Waals surface area contributed by atoms with E-state index in [-0.39, 0.29) is 0 Å². The van der Waals surface area contributed by atoms with E-state index in [0.717, 1.165) is 99.8 Å². The predicted molar refractivity (Wildman–Crippen MR) is 219 cm³/mol. The molecule has 0 aliphatic heterocycles. The predicted octanol–water partition coefficient (Wildman–Crippen LogP) is 11.6. The fourth-order valence-electron chi connectivity index (χ4n) is 7.26. The van der Waals surface area contributed by atoms with Crippen molar-refractivity contribution < 1.29 is 4.42 Å². The Morgan fingerprint density at radius 2 is 0.691 bits per heavy atom. The van der Waals surface area contributed by atoms with Crippen LogP contribution in [0.5, 0.6) is 0 Å². The molecule has 10 aromatic rings. The minimum Gasteiger partial charge on any atom is -0.455 e. The zero-order chi connectivity index (χ0) is 36.6. The Morgan fingerprint density at radius 3 is 1.25 bits per heavy atom. The molecule has 7 heteroatoms. The van der Waals surface area contributed by atoms with Crippen LogP contribution in [0.3, 0.4) is 0 Å². The fourth-order valence-corrected chi connectivity index (χ4v) is 7.26. The van der Waals surface area contributed by atoms with Crippen LogP contribution in [-0.2, 0) is 0 Å². The molecule has 5 heterocycles. The van der Waals surface area contributed by atoms with Gasteiger partial charge in [-0.15, -0.1) is 0 Å². The Hall–Kier alpha value is -7.64. The van der Waals surface area contributed by atoms with Crippen LogP contribution in [0.25, 0.3) is 99.8 Å². The van der Waals surface area contributed by atoms with Crippen molar-refractivity contribution in [2.24, 2.45) is 0 Å². The third-order valence-corrected chi connectivity index (χ3v) is 9.97. The smallest absolute Gasteiger partial charge is 0.143 e. The number of para-hydroxylation sites is 2. The highest BCUT2D eigenvalue weighted by molar-refractivity contribution is 6.10. The van der Waals surface area contributed by atoms with E-state index in [1.807, 2.05) is 36.9 Å². The highest BCUT2D eigenvalue weighted by Crippen LogP contribution is 2.40. The molecular formula is C48H30N6O. The molecule has 0 radical (unpaired) electrons. The molecule has 0 saturated carbocycles. The van der Waals surface area contributed by atoms with Gasteiger partial charge in [-0.25, -0.2) is 19.9 Å². The number of pyridine rings is 2. The van der Waals surface area contributed by atoms with Crippen molar-refractivity contribution in [2.45, 2.75) is 0 Å². The van der Waals surface area contributed by atoms with Crippen molar-refractivity contribution in [3.8, 4) is 77.9 Å². The van der Waals surface area contributed by atoms with Crippen molar-refractivity contribution in [2.75, 3.05) is 0 Å². The fraction of sp³-hybridized carbons (Fsp3) is 0. The van der Waals surface area contributed by atoms with Crippen molar-refractivity contribution in [1.29, 1.82) is 0 Å². The molecule has 0 unspecified atom stereocenters. The van der Waals surface area contributed by atoms with Gasteiger partial charge in [-0.2, -0.15) is 0 Å². The van der Waals surface area contributed by atoms with E-state index in [0.29, 0.717) is 0 Å². The van der Waals surface area contributed by atoms with E-state index in [1.54, 1.807) is 24.8 Å². The molecule has 0 saturated heterocycles. The van der Waals surface area contributed by atoms with Gasteiger partial charge in [0.05, 0.1) is 0 Å². The van der Waals surface area contributed by atoms with E-state index in [4.69, 9.17) is 4.42 Å². The molecule has 258 valence electrons. The second-order valence-corrected chi connectivity index (χ2v) is 13.4. The summed E-state index contributed by atoms with van der Waals surface area (Å²) < 4.78 is 6.55. The van der Waals surface area contributed by atoms with Crippen LogP contribution in [0, 0.1) is 0 Å². The maximum Gasteiger partial charge on any atom is 0.143 e. The maximum absolute atomic E-state index is 6.55. The minimum atomic E-state index is 0.870. The number of hydrogen-bond donors (Lipinski definition) is 0. The van der Waals surface area contributed by atoms with E-state index in [9.17, 15) is 0 Å². The minimum absolute atomic E-state index is 0.870. The zero-order valence-electron chi connectivity index (χ0n) is 29.4. The maximum atomic E-state index is 6.55. The second kappa shape index (κ2) is 13.7. The average Bonchev–Trinajstić information content (AvgIpc) is 3.66. The molecule has 0 atom stereocenters. The van der Waals surface area contributed by atoms with Gasteiger partial charge < -0.3 is 4.42 Å². The monoisotopic (exact) mass is 706 g/mol. The van der Waals surface area contributed by atoms with Crippen LogP contribution < -0.4 is 0 Å². The average molecular weight is 707 g/mol. The Bertz CT molecular complexity index is 2850. The molecular weight excluding hydrogens is 677 g/mol. The molecule has 0 bridgehead atoms. The van der Waals surface area contributed by atoms with Gasteiger partial charge >= 0.3 is 0 Å². The van der Waals surface area contributed by atoms with Crippen LogP contribution >= 0.6 is 0 Å². The topological polar surface area (TPSA) is 90.5 Å². The van der Waals surface area contributed by atoms with Crippen LogP contribution in [-0.4, -0.2) is 29.9 Å². The van der Waals surface area contributed by atoms with Gasteiger partial charge in [-0.1, -0.05) is 72.8 Å². The van der Waals surface area contributed by atoms with Crippen molar-refractivity contribution in [3.63, 3.8) is 0 Å². The Labute approximate surface area is 316 Å². The van der Waals surface area contributed by atoms with E-state index in [2.05, 4.69) is 139 Å². The highest BCUT2D eigenvalue weighted by Gasteiger charge is 2.16. The quantitative estimate of drug-likeness (QED) is 0.163. The Balaban J connectivity index is 1.12. The van der Waals surface area contributed by atoms with Gasteiger partial charge in [0.15, 0.2) is 0 Å². The van der Waals surface area contributed by atoms with Crippen molar-refractivity contribution in [3.05, 3.63) is 184 Å². The summed E-state index contributed by atoms with van der Waals surface area (Å²) in [6.07, 6.45) is 17.8.